The highest BCUT2D eigenvalue weighted by Crippen LogP contribution is 2.20. The van der Waals surface area contributed by atoms with E-state index in [0.717, 1.165) is 24.7 Å². The van der Waals surface area contributed by atoms with Crippen LogP contribution in [0.1, 0.15) is 26.2 Å². The Morgan fingerprint density at radius 2 is 2.06 bits per heavy atom. The first-order valence-corrected chi connectivity index (χ1v) is 7.14. The van der Waals surface area contributed by atoms with Gasteiger partial charge in [0, 0.05) is 29.8 Å². The van der Waals surface area contributed by atoms with Crippen LogP contribution >= 0.6 is 11.6 Å². The number of aromatic nitrogens is 1. The second kappa shape index (κ2) is 6.81. The maximum atomic E-state index is 6.04. The molecule has 0 aliphatic carbocycles. The topological polar surface area (TPSA) is 17.0 Å². The third-order valence-corrected chi connectivity index (χ3v) is 3.46. The molecule has 3 heteroatoms. The Labute approximate surface area is 114 Å². The van der Waals surface area contributed by atoms with E-state index in [1.165, 1.54) is 30.2 Å². The third-order valence-electron chi connectivity index (χ3n) is 3.22. The molecule has 1 aromatic carbocycles. The summed E-state index contributed by atoms with van der Waals surface area (Å²) >= 11 is 6.04. The third kappa shape index (κ3) is 3.50. The summed E-state index contributed by atoms with van der Waals surface area (Å²) in [6.07, 6.45) is 6.00. The molecule has 98 valence electrons. The Morgan fingerprint density at radius 3 is 2.89 bits per heavy atom. The zero-order chi connectivity index (χ0) is 12.8. The van der Waals surface area contributed by atoms with Crippen LogP contribution in [0.15, 0.2) is 30.5 Å². The maximum absolute atomic E-state index is 6.04. The zero-order valence-corrected chi connectivity index (χ0v) is 11.7. The first kappa shape index (κ1) is 13.4. The van der Waals surface area contributed by atoms with Crippen molar-refractivity contribution < 1.29 is 0 Å². The van der Waals surface area contributed by atoms with Gasteiger partial charge in [-0.25, -0.2) is 0 Å². The Bertz CT molecular complexity index is 490. The van der Waals surface area contributed by atoms with Gasteiger partial charge in [0.25, 0.3) is 0 Å². The van der Waals surface area contributed by atoms with Gasteiger partial charge in [0.05, 0.1) is 0 Å². The van der Waals surface area contributed by atoms with E-state index >= 15 is 0 Å². The predicted molar refractivity (Wildman–Crippen MR) is 79.3 cm³/mol. The summed E-state index contributed by atoms with van der Waals surface area (Å²) < 4.78 is 2.26. The van der Waals surface area contributed by atoms with Gasteiger partial charge >= 0.3 is 0 Å². The Balaban J connectivity index is 1.86. The van der Waals surface area contributed by atoms with Crippen molar-refractivity contribution in [1.29, 1.82) is 0 Å². The number of benzene rings is 1. The van der Waals surface area contributed by atoms with E-state index in [1.54, 1.807) is 0 Å². The van der Waals surface area contributed by atoms with Crippen molar-refractivity contribution in [2.24, 2.45) is 0 Å². The van der Waals surface area contributed by atoms with Gasteiger partial charge in [0.15, 0.2) is 0 Å². The average molecular weight is 265 g/mol. The number of rotatable bonds is 7. The first-order valence-electron chi connectivity index (χ1n) is 6.76. The minimum Gasteiger partial charge on any atom is -0.346 e. The SMILES string of the molecule is CCCCCNCCn1ccc2ccc(Cl)cc21. The predicted octanol–water partition coefficient (Wildman–Crippen LogP) is 4.07. The normalized spacial score (nSPS) is 11.2. The minimum atomic E-state index is 0.804. The zero-order valence-electron chi connectivity index (χ0n) is 11.0. The molecule has 2 nitrogen and oxygen atoms in total. The molecule has 0 saturated carbocycles. The van der Waals surface area contributed by atoms with E-state index in [2.05, 4.69) is 35.1 Å². The molecule has 0 radical (unpaired) electrons. The highest BCUT2D eigenvalue weighted by atomic mass is 35.5. The van der Waals surface area contributed by atoms with Gasteiger partial charge < -0.3 is 9.88 Å². The lowest BCUT2D eigenvalue weighted by Crippen LogP contribution is -2.20. The van der Waals surface area contributed by atoms with Gasteiger partial charge in [-0.2, -0.15) is 0 Å². The first-order chi connectivity index (χ1) is 8.81. The van der Waals surface area contributed by atoms with Crippen molar-refractivity contribution in [1.82, 2.24) is 9.88 Å². The average Bonchev–Trinajstić information content (AvgIpc) is 2.76. The molecular formula is C15H21ClN2. The molecule has 0 spiro atoms. The molecule has 1 N–H and O–H groups in total. The van der Waals surface area contributed by atoms with Crippen molar-refractivity contribution >= 4 is 22.5 Å². The molecule has 0 atom stereocenters. The Kier molecular flexibility index (Phi) is 5.09. The van der Waals surface area contributed by atoms with E-state index in [1.807, 2.05) is 12.1 Å². The molecule has 0 aliphatic rings. The fourth-order valence-corrected chi connectivity index (χ4v) is 2.34. The van der Waals surface area contributed by atoms with E-state index in [9.17, 15) is 0 Å². The fraction of sp³-hybridized carbons (Fsp3) is 0.467. The highest BCUT2D eigenvalue weighted by Gasteiger charge is 2.01. The molecule has 0 bridgehead atoms. The number of nitrogens with one attached hydrogen (secondary N) is 1. The van der Waals surface area contributed by atoms with Crippen LogP contribution in [-0.2, 0) is 6.54 Å². The largest absolute Gasteiger partial charge is 0.346 e. The number of nitrogens with zero attached hydrogens (tertiary/aromatic N) is 1. The number of unbranched alkanes of at least 4 members (excludes halogenated alkanes) is 2. The van der Waals surface area contributed by atoms with Crippen LogP contribution in [0.25, 0.3) is 10.9 Å². The monoisotopic (exact) mass is 264 g/mol. The van der Waals surface area contributed by atoms with Gasteiger partial charge in [-0.1, -0.05) is 37.4 Å². The summed E-state index contributed by atoms with van der Waals surface area (Å²) in [7, 11) is 0. The molecule has 18 heavy (non-hydrogen) atoms. The molecule has 0 amide bonds. The van der Waals surface area contributed by atoms with Crippen LogP contribution in [0.5, 0.6) is 0 Å². The maximum Gasteiger partial charge on any atom is 0.0495 e. The van der Waals surface area contributed by atoms with Crippen LogP contribution in [0.2, 0.25) is 5.02 Å². The summed E-state index contributed by atoms with van der Waals surface area (Å²) in [5, 5.41) is 5.54. The summed E-state index contributed by atoms with van der Waals surface area (Å²) in [5.41, 5.74) is 1.22. The van der Waals surface area contributed by atoms with Crippen molar-refractivity contribution in [2.45, 2.75) is 32.7 Å². The minimum absolute atomic E-state index is 0.804. The van der Waals surface area contributed by atoms with E-state index < -0.39 is 0 Å². The van der Waals surface area contributed by atoms with Crippen LogP contribution in [0, 0.1) is 0 Å². The van der Waals surface area contributed by atoms with Gasteiger partial charge in [-0.15, -0.1) is 0 Å². The van der Waals surface area contributed by atoms with Crippen molar-refractivity contribution in [3.63, 3.8) is 0 Å². The second-order valence-corrected chi connectivity index (χ2v) is 5.11. The molecule has 2 rings (SSSR count). The van der Waals surface area contributed by atoms with Crippen LogP contribution in [0.3, 0.4) is 0 Å². The van der Waals surface area contributed by atoms with Crippen molar-refractivity contribution in [3.05, 3.63) is 35.5 Å². The fourth-order valence-electron chi connectivity index (χ4n) is 2.18. The molecular weight excluding hydrogens is 244 g/mol. The van der Waals surface area contributed by atoms with Crippen LogP contribution < -0.4 is 5.32 Å². The molecule has 0 unspecified atom stereocenters. The lowest BCUT2D eigenvalue weighted by atomic mass is 10.2. The Morgan fingerprint density at radius 1 is 1.17 bits per heavy atom. The van der Waals surface area contributed by atoms with Crippen molar-refractivity contribution in [3.8, 4) is 0 Å². The van der Waals surface area contributed by atoms with Gasteiger partial charge in [-0.05, 0) is 36.6 Å². The summed E-state index contributed by atoms with van der Waals surface area (Å²) in [4.78, 5) is 0. The van der Waals surface area contributed by atoms with Crippen molar-refractivity contribution in [2.75, 3.05) is 13.1 Å². The molecule has 1 heterocycles. The summed E-state index contributed by atoms with van der Waals surface area (Å²) in [6.45, 7) is 5.36. The lowest BCUT2D eigenvalue weighted by molar-refractivity contribution is 0.576. The molecule has 2 aromatic rings. The quantitative estimate of drug-likeness (QED) is 0.746. The lowest BCUT2D eigenvalue weighted by Gasteiger charge is -2.07. The number of hydrogen-bond donors (Lipinski definition) is 1. The number of hydrogen-bond acceptors (Lipinski definition) is 1. The highest BCUT2D eigenvalue weighted by molar-refractivity contribution is 6.31. The van der Waals surface area contributed by atoms with Gasteiger partial charge in [0.2, 0.25) is 0 Å². The second-order valence-electron chi connectivity index (χ2n) is 4.67. The summed E-state index contributed by atoms with van der Waals surface area (Å²) in [6, 6.07) is 8.19. The van der Waals surface area contributed by atoms with E-state index in [4.69, 9.17) is 11.6 Å². The molecule has 1 aromatic heterocycles. The molecule has 0 fully saturated rings. The van der Waals surface area contributed by atoms with Gasteiger partial charge in [0.1, 0.15) is 0 Å². The van der Waals surface area contributed by atoms with Crippen LogP contribution in [0.4, 0.5) is 0 Å². The van der Waals surface area contributed by atoms with Crippen LogP contribution in [-0.4, -0.2) is 17.7 Å². The molecule has 0 aliphatic heterocycles. The standard InChI is InChI=1S/C15H21ClN2/c1-2-3-4-8-17-9-11-18-10-7-13-5-6-14(16)12-15(13)18/h5-7,10,12,17H,2-4,8-9,11H2,1H3. The Hall–Kier alpha value is -0.990. The van der Waals surface area contributed by atoms with Gasteiger partial charge in [-0.3, -0.25) is 0 Å². The number of fused-ring (bicyclic) bond motifs is 1. The smallest absolute Gasteiger partial charge is 0.0495 e. The number of halogens is 1. The van der Waals surface area contributed by atoms with E-state index in [0.29, 0.717) is 0 Å². The molecule has 0 saturated heterocycles. The van der Waals surface area contributed by atoms with E-state index in [-0.39, 0.29) is 0 Å². The summed E-state index contributed by atoms with van der Waals surface area (Å²) in [5.74, 6) is 0.